The van der Waals surface area contributed by atoms with E-state index in [9.17, 15) is 0 Å². The van der Waals surface area contributed by atoms with Crippen molar-refractivity contribution in [3.05, 3.63) is 28.2 Å². The maximum atomic E-state index is 3.80. The highest BCUT2D eigenvalue weighted by molar-refractivity contribution is 9.10. The van der Waals surface area contributed by atoms with Crippen molar-refractivity contribution in [2.75, 3.05) is 11.4 Å². The van der Waals surface area contributed by atoms with Crippen molar-refractivity contribution in [3.8, 4) is 0 Å². The quantitative estimate of drug-likeness (QED) is 0.792. The second-order valence-corrected chi connectivity index (χ2v) is 7.28. The third-order valence-corrected chi connectivity index (χ3v) is 5.02. The number of halogens is 1. The number of nitrogens with one attached hydrogen (secondary N) is 1. The molecule has 1 fully saturated rings. The lowest BCUT2D eigenvalue weighted by Crippen LogP contribution is -2.34. The van der Waals surface area contributed by atoms with E-state index in [4.69, 9.17) is 0 Å². The third-order valence-electron chi connectivity index (χ3n) is 4.38. The molecule has 2 nitrogen and oxygen atoms in total. The molecule has 0 bridgehead atoms. The maximum absolute atomic E-state index is 3.80. The van der Waals surface area contributed by atoms with Crippen LogP contribution < -0.4 is 10.2 Å². The Bertz CT molecular complexity index is 445. The maximum Gasteiger partial charge on any atom is 0.0513 e. The molecule has 1 saturated heterocycles. The zero-order valence-corrected chi connectivity index (χ0v) is 15.2. The molecule has 1 aromatic rings. The van der Waals surface area contributed by atoms with E-state index in [0.29, 0.717) is 12.1 Å². The Morgan fingerprint density at radius 1 is 1.29 bits per heavy atom. The smallest absolute Gasteiger partial charge is 0.0513 e. The predicted molar refractivity (Wildman–Crippen MR) is 96.0 cm³/mol. The van der Waals surface area contributed by atoms with Gasteiger partial charge in [-0.2, -0.15) is 0 Å². The number of rotatable bonds is 5. The topological polar surface area (TPSA) is 15.3 Å². The number of benzene rings is 1. The van der Waals surface area contributed by atoms with Crippen LogP contribution in [0.15, 0.2) is 22.7 Å². The highest BCUT2D eigenvalue weighted by Gasteiger charge is 2.21. The summed E-state index contributed by atoms with van der Waals surface area (Å²) in [5.41, 5.74) is 2.72. The Labute approximate surface area is 138 Å². The fourth-order valence-corrected chi connectivity index (χ4v) is 3.79. The van der Waals surface area contributed by atoms with E-state index < -0.39 is 0 Å². The minimum absolute atomic E-state index is 0.526. The standard InChI is InChI=1S/C18H29BrN2/c1-4-16-8-6-5-7-11-21(16)18-10-9-15(12-17(18)19)13-20-14(2)3/h9-10,12,14,16,20H,4-8,11,13H2,1-3H3. The van der Waals surface area contributed by atoms with Crippen LogP contribution in [-0.4, -0.2) is 18.6 Å². The van der Waals surface area contributed by atoms with Crippen molar-refractivity contribution in [3.63, 3.8) is 0 Å². The average molecular weight is 353 g/mol. The second kappa shape index (κ2) is 8.19. The fourth-order valence-electron chi connectivity index (χ4n) is 3.13. The third kappa shape index (κ3) is 4.72. The van der Waals surface area contributed by atoms with Gasteiger partial charge in [-0.15, -0.1) is 0 Å². The summed E-state index contributed by atoms with van der Waals surface area (Å²) in [6.07, 6.45) is 6.65. The van der Waals surface area contributed by atoms with E-state index in [1.165, 1.54) is 54.4 Å². The highest BCUT2D eigenvalue weighted by atomic mass is 79.9. The zero-order chi connectivity index (χ0) is 15.2. The molecule has 1 aliphatic heterocycles. The van der Waals surface area contributed by atoms with Gasteiger partial charge in [0.25, 0.3) is 0 Å². The van der Waals surface area contributed by atoms with Crippen molar-refractivity contribution in [1.29, 1.82) is 0 Å². The van der Waals surface area contributed by atoms with Crippen LogP contribution >= 0.6 is 15.9 Å². The molecular weight excluding hydrogens is 324 g/mol. The van der Waals surface area contributed by atoms with Gasteiger partial charge in [0, 0.05) is 29.6 Å². The Morgan fingerprint density at radius 2 is 2.10 bits per heavy atom. The van der Waals surface area contributed by atoms with Gasteiger partial charge < -0.3 is 10.2 Å². The summed E-state index contributed by atoms with van der Waals surface area (Å²) in [6.45, 7) is 8.82. The lowest BCUT2D eigenvalue weighted by atomic mass is 10.1. The van der Waals surface area contributed by atoms with Gasteiger partial charge in [-0.3, -0.25) is 0 Å². The summed E-state index contributed by atoms with van der Waals surface area (Å²) >= 11 is 3.80. The molecule has 3 heteroatoms. The number of anilines is 1. The molecule has 1 unspecified atom stereocenters. The predicted octanol–water partition coefficient (Wildman–Crippen LogP) is 5.11. The molecule has 21 heavy (non-hydrogen) atoms. The highest BCUT2D eigenvalue weighted by Crippen LogP contribution is 2.32. The Kier molecular flexibility index (Phi) is 6.56. The van der Waals surface area contributed by atoms with Crippen molar-refractivity contribution in [2.24, 2.45) is 0 Å². The summed E-state index contributed by atoms with van der Waals surface area (Å²) < 4.78 is 1.24. The fraction of sp³-hybridized carbons (Fsp3) is 0.667. The van der Waals surface area contributed by atoms with Crippen LogP contribution in [0.1, 0.15) is 58.4 Å². The number of hydrogen-bond acceptors (Lipinski definition) is 2. The minimum atomic E-state index is 0.526. The molecule has 0 saturated carbocycles. The van der Waals surface area contributed by atoms with Gasteiger partial charge in [-0.25, -0.2) is 0 Å². The molecule has 1 N–H and O–H groups in total. The van der Waals surface area contributed by atoms with E-state index >= 15 is 0 Å². The van der Waals surface area contributed by atoms with Crippen molar-refractivity contribution in [2.45, 2.75) is 71.5 Å². The molecule has 1 aliphatic rings. The molecular formula is C18H29BrN2. The minimum Gasteiger partial charge on any atom is -0.368 e. The second-order valence-electron chi connectivity index (χ2n) is 6.43. The van der Waals surface area contributed by atoms with Crippen LogP contribution in [0.4, 0.5) is 5.69 Å². The lowest BCUT2D eigenvalue weighted by Gasteiger charge is -2.32. The van der Waals surface area contributed by atoms with Gasteiger partial charge in [-0.05, 0) is 52.9 Å². The molecule has 0 amide bonds. The summed E-state index contributed by atoms with van der Waals surface area (Å²) in [5.74, 6) is 0. The number of hydrogen-bond donors (Lipinski definition) is 1. The normalized spacial score (nSPS) is 19.9. The van der Waals surface area contributed by atoms with E-state index in [-0.39, 0.29) is 0 Å². The number of nitrogens with zero attached hydrogens (tertiary/aromatic N) is 1. The van der Waals surface area contributed by atoms with Gasteiger partial charge in [0.05, 0.1) is 5.69 Å². The SMILES string of the molecule is CCC1CCCCCN1c1ccc(CNC(C)C)cc1Br. The molecule has 0 aliphatic carbocycles. The van der Waals surface area contributed by atoms with E-state index in [2.05, 4.69) is 65.1 Å². The molecule has 1 atom stereocenters. The van der Waals surface area contributed by atoms with Crippen LogP contribution in [0.5, 0.6) is 0 Å². The van der Waals surface area contributed by atoms with E-state index in [1.54, 1.807) is 0 Å². The van der Waals surface area contributed by atoms with Gasteiger partial charge in [0.2, 0.25) is 0 Å². The van der Waals surface area contributed by atoms with Crippen molar-refractivity contribution < 1.29 is 0 Å². The van der Waals surface area contributed by atoms with Gasteiger partial charge in [-0.1, -0.05) is 39.7 Å². The first-order valence-corrected chi connectivity index (χ1v) is 9.19. The summed E-state index contributed by atoms with van der Waals surface area (Å²) in [5, 5.41) is 3.48. The van der Waals surface area contributed by atoms with Crippen molar-refractivity contribution >= 4 is 21.6 Å². The zero-order valence-electron chi connectivity index (χ0n) is 13.7. The van der Waals surface area contributed by atoms with Crippen LogP contribution in [-0.2, 0) is 6.54 Å². The van der Waals surface area contributed by atoms with Crippen LogP contribution in [0.3, 0.4) is 0 Å². The first-order chi connectivity index (χ1) is 10.1. The Hall–Kier alpha value is -0.540. The first kappa shape index (κ1) is 16.8. The Morgan fingerprint density at radius 3 is 2.76 bits per heavy atom. The molecule has 118 valence electrons. The molecule has 1 aromatic carbocycles. The van der Waals surface area contributed by atoms with Gasteiger partial charge in [0.15, 0.2) is 0 Å². The molecule has 1 heterocycles. The van der Waals surface area contributed by atoms with Gasteiger partial charge in [0.1, 0.15) is 0 Å². The molecule has 0 radical (unpaired) electrons. The van der Waals surface area contributed by atoms with Crippen LogP contribution in [0.25, 0.3) is 0 Å². The molecule has 2 rings (SSSR count). The Balaban J connectivity index is 2.14. The van der Waals surface area contributed by atoms with E-state index in [0.717, 1.165) is 6.54 Å². The van der Waals surface area contributed by atoms with Crippen LogP contribution in [0, 0.1) is 0 Å². The van der Waals surface area contributed by atoms with Crippen LogP contribution in [0.2, 0.25) is 0 Å². The molecule has 0 aromatic heterocycles. The summed E-state index contributed by atoms with van der Waals surface area (Å²) in [7, 11) is 0. The largest absolute Gasteiger partial charge is 0.368 e. The monoisotopic (exact) mass is 352 g/mol. The lowest BCUT2D eigenvalue weighted by molar-refractivity contribution is 0.555. The van der Waals surface area contributed by atoms with Gasteiger partial charge >= 0.3 is 0 Å². The molecule has 0 spiro atoms. The average Bonchev–Trinajstić information content (AvgIpc) is 2.70. The first-order valence-electron chi connectivity index (χ1n) is 8.40. The summed E-state index contributed by atoms with van der Waals surface area (Å²) in [4.78, 5) is 2.62. The van der Waals surface area contributed by atoms with Crippen molar-refractivity contribution in [1.82, 2.24) is 5.32 Å². The summed E-state index contributed by atoms with van der Waals surface area (Å²) in [6, 6.07) is 8.08. The van der Waals surface area contributed by atoms with E-state index in [1.807, 2.05) is 0 Å².